The number of benzene rings is 1. The highest BCUT2D eigenvalue weighted by Gasteiger charge is 2.36. The number of carbonyl (C=O) groups is 2. The third-order valence-electron chi connectivity index (χ3n) is 5.63. The Labute approximate surface area is 177 Å². The number of hydrogen-bond acceptors (Lipinski definition) is 5. The van der Waals surface area contributed by atoms with Crippen LogP contribution in [0.1, 0.15) is 40.0 Å². The van der Waals surface area contributed by atoms with Gasteiger partial charge in [-0.05, 0) is 36.5 Å². The van der Waals surface area contributed by atoms with Crippen molar-refractivity contribution >= 4 is 23.2 Å². The second kappa shape index (κ2) is 9.41. The first-order valence-electron chi connectivity index (χ1n) is 10.6. The predicted octanol–water partition coefficient (Wildman–Crippen LogP) is 2.36. The number of nitrogens with two attached hydrogens (primary N) is 1. The Morgan fingerprint density at radius 1 is 1.40 bits per heavy atom. The van der Waals surface area contributed by atoms with Gasteiger partial charge in [0, 0.05) is 31.4 Å². The van der Waals surface area contributed by atoms with Gasteiger partial charge in [-0.15, -0.1) is 0 Å². The van der Waals surface area contributed by atoms with Crippen molar-refractivity contribution in [1.82, 2.24) is 4.90 Å². The lowest BCUT2D eigenvalue weighted by Crippen LogP contribution is -2.57. The molecule has 8 heteroatoms. The number of nitrogens with one attached hydrogen (secondary N) is 1. The zero-order valence-corrected chi connectivity index (χ0v) is 18.1. The van der Waals surface area contributed by atoms with Crippen molar-refractivity contribution in [2.45, 2.75) is 52.1 Å². The minimum absolute atomic E-state index is 0.0108. The molecule has 1 aromatic carbocycles. The Bertz CT molecular complexity index is 776. The number of amides is 2. The molecule has 0 spiro atoms. The summed E-state index contributed by atoms with van der Waals surface area (Å²) >= 11 is 0. The van der Waals surface area contributed by atoms with Gasteiger partial charge in [0.1, 0.15) is 18.5 Å². The van der Waals surface area contributed by atoms with Crippen LogP contribution in [-0.2, 0) is 14.3 Å². The first kappa shape index (κ1) is 22.7. The van der Waals surface area contributed by atoms with Crippen LogP contribution in [0.15, 0.2) is 18.2 Å². The van der Waals surface area contributed by atoms with Crippen LogP contribution in [-0.4, -0.2) is 61.6 Å². The zero-order chi connectivity index (χ0) is 21.9. The molecule has 1 saturated heterocycles. The van der Waals surface area contributed by atoms with Gasteiger partial charge in [-0.3, -0.25) is 14.5 Å². The van der Waals surface area contributed by atoms with Gasteiger partial charge in [0.25, 0.3) is 5.91 Å². The molecule has 2 fully saturated rings. The molecule has 3 rings (SSSR count). The maximum absolute atomic E-state index is 14.7. The van der Waals surface area contributed by atoms with E-state index in [1.807, 2.05) is 0 Å². The second-order valence-corrected chi connectivity index (χ2v) is 9.32. The van der Waals surface area contributed by atoms with Crippen molar-refractivity contribution < 1.29 is 18.7 Å². The highest BCUT2D eigenvalue weighted by Crippen LogP contribution is 2.30. The van der Waals surface area contributed by atoms with Crippen LogP contribution < -0.4 is 16.0 Å². The number of halogens is 1. The molecule has 1 aliphatic heterocycles. The van der Waals surface area contributed by atoms with Crippen molar-refractivity contribution in [2.24, 2.45) is 11.1 Å². The molecule has 0 unspecified atom stereocenters. The highest BCUT2D eigenvalue weighted by molar-refractivity contribution is 5.97. The summed E-state index contributed by atoms with van der Waals surface area (Å²) in [6.45, 7) is 8.09. The summed E-state index contributed by atoms with van der Waals surface area (Å²) < 4.78 is 19.8. The van der Waals surface area contributed by atoms with Crippen molar-refractivity contribution in [3.63, 3.8) is 0 Å². The molecule has 1 aromatic rings. The fourth-order valence-corrected chi connectivity index (χ4v) is 3.93. The zero-order valence-electron chi connectivity index (χ0n) is 18.1. The lowest BCUT2D eigenvalue weighted by atomic mass is 9.86. The Morgan fingerprint density at radius 3 is 2.67 bits per heavy atom. The fourth-order valence-electron chi connectivity index (χ4n) is 3.93. The van der Waals surface area contributed by atoms with Gasteiger partial charge in [-0.1, -0.05) is 27.2 Å². The van der Waals surface area contributed by atoms with E-state index in [9.17, 15) is 14.0 Å². The molecular weight excluding hydrogens is 387 g/mol. The summed E-state index contributed by atoms with van der Waals surface area (Å²) in [6, 6.07) is 4.22. The van der Waals surface area contributed by atoms with Gasteiger partial charge in [0.2, 0.25) is 5.91 Å². The van der Waals surface area contributed by atoms with Gasteiger partial charge < -0.3 is 20.7 Å². The molecule has 3 N–H and O–H groups in total. The SMILES string of the molecule is CC(C)(C)CN(C1CCC1)[C@H](CN)C(=O)Nc1ccc(N2CCOCC2=O)cc1F. The van der Waals surface area contributed by atoms with Crippen molar-refractivity contribution in [1.29, 1.82) is 0 Å². The van der Waals surface area contributed by atoms with E-state index in [1.165, 1.54) is 17.0 Å². The van der Waals surface area contributed by atoms with E-state index in [2.05, 4.69) is 31.0 Å². The molecule has 166 valence electrons. The van der Waals surface area contributed by atoms with Crippen LogP contribution in [0.3, 0.4) is 0 Å². The predicted molar refractivity (Wildman–Crippen MR) is 115 cm³/mol. The van der Waals surface area contributed by atoms with Crippen LogP contribution in [0, 0.1) is 11.2 Å². The summed E-state index contributed by atoms with van der Waals surface area (Å²) in [4.78, 5) is 28.7. The number of carbonyl (C=O) groups excluding carboxylic acids is 2. The topological polar surface area (TPSA) is 87.9 Å². The van der Waals surface area contributed by atoms with E-state index in [4.69, 9.17) is 10.5 Å². The molecule has 0 bridgehead atoms. The molecule has 1 heterocycles. The molecule has 30 heavy (non-hydrogen) atoms. The molecule has 0 aromatic heterocycles. The standard InChI is InChI=1S/C22H33FN4O3/c1-22(2,3)14-27(15-5-4-6-15)19(12-24)21(29)25-18-8-7-16(11-17(18)23)26-9-10-30-13-20(26)28/h7-8,11,15,19H,4-6,9-10,12-14,24H2,1-3H3,(H,25,29)/t19-/m1/s1. The largest absolute Gasteiger partial charge is 0.370 e. The first-order chi connectivity index (χ1) is 14.2. The summed E-state index contributed by atoms with van der Waals surface area (Å²) in [5.41, 5.74) is 6.55. The van der Waals surface area contributed by atoms with Gasteiger partial charge in [-0.25, -0.2) is 4.39 Å². The third kappa shape index (κ3) is 5.36. The molecular formula is C22H33FN4O3. The molecule has 1 saturated carbocycles. The minimum atomic E-state index is -0.582. The molecule has 0 radical (unpaired) electrons. The highest BCUT2D eigenvalue weighted by atomic mass is 19.1. The average Bonchev–Trinajstić information content (AvgIpc) is 2.61. The van der Waals surface area contributed by atoms with E-state index in [1.54, 1.807) is 6.07 Å². The number of nitrogens with zero attached hydrogens (tertiary/aromatic N) is 2. The Hall–Kier alpha value is -2.03. The first-order valence-corrected chi connectivity index (χ1v) is 10.6. The summed E-state index contributed by atoms with van der Waals surface area (Å²) in [5.74, 6) is -1.09. The lowest BCUT2D eigenvalue weighted by molar-refractivity contribution is -0.126. The smallest absolute Gasteiger partial charge is 0.253 e. The third-order valence-corrected chi connectivity index (χ3v) is 5.63. The quantitative estimate of drug-likeness (QED) is 0.707. The summed E-state index contributed by atoms with van der Waals surface area (Å²) in [6.07, 6.45) is 3.26. The molecule has 1 atom stereocenters. The Balaban J connectivity index is 1.73. The second-order valence-electron chi connectivity index (χ2n) is 9.32. The van der Waals surface area contributed by atoms with Crippen molar-refractivity contribution in [2.75, 3.05) is 43.1 Å². The minimum Gasteiger partial charge on any atom is -0.370 e. The average molecular weight is 421 g/mol. The number of ether oxygens (including phenoxy) is 1. The molecule has 7 nitrogen and oxygen atoms in total. The van der Waals surface area contributed by atoms with E-state index >= 15 is 0 Å². The molecule has 1 aliphatic carbocycles. The Kier molecular flexibility index (Phi) is 7.10. The summed E-state index contributed by atoms with van der Waals surface area (Å²) in [7, 11) is 0. The molecule has 2 amide bonds. The lowest BCUT2D eigenvalue weighted by Gasteiger charge is -2.44. The summed E-state index contributed by atoms with van der Waals surface area (Å²) in [5, 5.41) is 2.71. The fraction of sp³-hybridized carbons (Fsp3) is 0.636. The van der Waals surface area contributed by atoms with Gasteiger partial charge in [0.05, 0.1) is 12.3 Å². The van der Waals surface area contributed by atoms with Crippen LogP contribution in [0.4, 0.5) is 15.8 Å². The van der Waals surface area contributed by atoms with Crippen LogP contribution in [0.5, 0.6) is 0 Å². The van der Waals surface area contributed by atoms with E-state index < -0.39 is 11.9 Å². The van der Waals surface area contributed by atoms with Gasteiger partial charge in [0.15, 0.2) is 0 Å². The number of morpholine rings is 1. The number of hydrogen-bond donors (Lipinski definition) is 2. The van der Waals surface area contributed by atoms with Crippen LogP contribution in [0.25, 0.3) is 0 Å². The molecule has 2 aliphatic rings. The van der Waals surface area contributed by atoms with Gasteiger partial charge in [-0.2, -0.15) is 0 Å². The van der Waals surface area contributed by atoms with Gasteiger partial charge >= 0.3 is 0 Å². The number of anilines is 2. The van der Waals surface area contributed by atoms with E-state index in [0.29, 0.717) is 24.9 Å². The van der Waals surface area contributed by atoms with Crippen molar-refractivity contribution in [3.8, 4) is 0 Å². The monoisotopic (exact) mass is 420 g/mol. The van der Waals surface area contributed by atoms with E-state index in [-0.39, 0.29) is 36.1 Å². The van der Waals surface area contributed by atoms with Crippen LogP contribution in [0.2, 0.25) is 0 Å². The Morgan fingerprint density at radius 2 is 2.13 bits per heavy atom. The maximum atomic E-state index is 14.7. The van der Waals surface area contributed by atoms with Crippen molar-refractivity contribution in [3.05, 3.63) is 24.0 Å². The van der Waals surface area contributed by atoms with Crippen LogP contribution >= 0.6 is 0 Å². The maximum Gasteiger partial charge on any atom is 0.253 e. The van der Waals surface area contributed by atoms with E-state index in [0.717, 1.165) is 25.8 Å². The normalized spacial score (nSPS) is 19.0. The number of rotatable bonds is 7.